The van der Waals surface area contributed by atoms with Crippen LogP contribution >= 0.6 is 24.0 Å². The van der Waals surface area contributed by atoms with Crippen LogP contribution in [0.2, 0.25) is 0 Å². The standard InChI is InChI=1S/C17H22F3N3.HI/c18-17(19,20)11-15-7-4-9-22(13-15)16-21-8-10-23(16)12-14-5-2-1-3-6-14;/h1-3,5-6,15H,4,7-13H2;1H. The van der Waals surface area contributed by atoms with Crippen molar-refractivity contribution in [1.82, 2.24) is 9.80 Å². The second-order valence-electron chi connectivity index (χ2n) is 6.36. The number of piperidine rings is 1. The molecule has 1 aromatic carbocycles. The van der Waals surface area contributed by atoms with Gasteiger partial charge in [0.2, 0.25) is 0 Å². The quantitative estimate of drug-likeness (QED) is 0.641. The number of likely N-dealkylation sites (tertiary alicyclic amines) is 1. The Hall–Kier alpha value is -0.990. The first-order chi connectivity index (χ1) is 11.0. The highest BCUT2D eigenvalue weighted by molar-refractivity contribution is 14.0. The summed E-state index contributed by atoms with van der Waals surface area (Å²) in [6.07, 6.45) is -3.30. The molecule has 0 aliphatic carbocycles. The number of nitrogens with zero attached hydrogens (tertiary/aromatic N) is 3. The molecule has 0 spiro atoms. The molecule has 0 amide bonds. The molecule has 1 saturated heterocycles. The Kier molecular flexibility index (Phi) is 6.77. The van der Waals surface area contributed by atoms with Gasteiger partial charge in [0.15, 0.2) is 5.96 Å². The molecule has 3 nitrogen and oxygen atoms in total. The van der Waals surface area contributed by atoms with Crippen LogP contribution in [-0.4, -0.2) is 48.1 Å². The van der Waals surface area contributed by atoms with Crippen LogP contribution in [0.15, 0.2) is 35.3 Å². The van der Waals surface area contributed by atoms with E-state index < -0.39 is 12.6 Å². The van der Waals surface area contributed by atoms with Gasteiger partial charge in [-0.1, -0.05) is 30.3 Å². The van der Waals surface area contributed by atoms with Crippen molar-refractivity contribution in [3.05, 3.63) is 35.9 Å². The van der Waals surface area contributed by atoms with Gasteiger partial charge in [0, 0.05) is 32.6 Å². The van der Waals surface area contributed by atoms with E-state index in [1.165, 1.54) is 5.56 Å². The van der Waals surface area contributed by atoms with Gasteiger partial charge in [-0.05, 0) is 24.3 Å². The number of aliphatic imine (C=N–C) groups is 1. The molecule has 2 aliphatic heterocycles. The normalized spacial score (nSPS) is 21.5. The van der Waals surface area contributed by atoms with Crippen molar-refractivity contribution >= 4 is 29.9 Å². The summed E-state index contributed by atoms with van der Waals surface area (Å²) >= 11 is 0. The fourth-order valence-corrected chi connectivity index (χ4v) is 3.46. The molecule has 1 atom stereocenters. The lowest BCUT2D eigenvalue weighted by atomic mass is 9.95. The van der Waals surface area contributed by atoms with E-state index in [-0.39, 0.29) is 29.9 Å². The summed E-state index contributed by atoms with van der Waals surface area (Å²) in [6, 6.07) is 10.1. The number of benzene rings is 1. The monoisotopic (exact) mass is 453 g/mol. The van der Waals surface area contributed by atoms with Gasteiger partial charge in [-0.2, -0.15) is 13.2 Å². The third kappa shape index (κ3) is 5.26. The first kappa shape index (κ1) is 19.3. The first-order valence-corrected chi connectivity index (χ1v) is 8.16. The van der Waals surface area contributed by atoms with Gasteiger partial charge in [-0.15, -0.1) is 24.0 Å². The minimum Gasteiger partial charge on any atom is -0.343 e. The number of alkyl halides is 3. The highest BCUT2D eigenvalue weighted by Gasteiger charge is 2.35. The minimum atomic E-state index is -4.07. The fraction of sp³-hybridized carbons (Fsp3) is 0.588. The van der Waals surface area contributed by atoms with Gasteiger partial charge in [0.25, 0.3) is 0 Å². The average molecular weight is 453 g/mol. The second-order valence-corrected chi connectivity index (χ2v) is 6.36. The maximum atomic E-state index is 12.6. The highest BCUT2D eigenvalue weighted by Crippen LogP contribution is 2.30. The van der Waals surface area contributed by atoms with Crippen molar-refractivity contribution in [3.63, 3.8) is 0 Å². The summed E-state index contributed by atoms with van der Waals surface area (Å²) in [5.74, 6) is 0.561. The molecule has 0 saturated carbocycles. The third-order valence-corrected chi connectivity index (χ3v) is 4.44. The molecule has 0 bridgehead atoms. The minimum absolute atomic E-state index is 0. The molecule has 0 N–H and O–H groups in total. The zero-order valence-electron chi connectivity index (χ0n) is 13.5. The summed E-state index contributed by atoms with van der Waals surface area (Å²) < 4.78 is 37.9. The maximum Gasteiger partial charge on any atom is 0.389 e. The summed E-state index contributed by atoms with van der Waals surface area (Å²) in [5, 5.41) is 0. The topological polar surface area (TPSA) is 18.8 Å². The largest absolute Gasteiger partial charge is 0.389 e. The van der Waals surface area contributed by atoms with Crippen molar-refractivity contribution < 1.29 is 13.2 Å². The molecule has 2 aliphatic rings. The van der Waals surface area contributed by atoms with E-state index in [1.54, 1.807) is 0 Å². The van der Waals surface area contributed by atoms with Crippen molar-refractivity contribution in [3.8, 4) is 0 Å². The van der Waals surface area contributed by atoms with E-state index >= 15 is 0 Å². The predicted octanol–water partition coefficient (Wildman–Crippen LogP) is 4.14. The van der Waals surface area contributed by atoms with E-state index in [9.17, 15) is 13.2 Å². The summed E-state index contributed by atoms with van der Waals surface area (Å²) in [7, 11) is 0. The van der Waals surface area contributed by atoms with Crippen LogP contribution in [0.5, 0.6) is 0 Å². The van der Waals surface area contributed by atoms with E-state index in [2.05, 4.69) is 26.9 Å². The number of hydrogen-bond donors (Lipinski definition) is 0. The molecular formula is C17H23F3IN3. The van der Waals surface area contributed by atoms with Crippen LogP contribution in [0.4, 0.5) is 13.2 Å². The molecular weight excluding hydrogens is 430 g/mol. The third-order valence-electron chi connectivity index (χ3n) is 4.44. The molecule has 1 aromatic rings. The second kappa shape index (κ2) is 8.40. The molecule has 0 aromatic heterocycles. The van der Waals surface area contributed by atoms with Gasteiger partial charge in [0.1, 0.15) is 0 Å². The first-order valence-electron chi connectivity index (χ1n) is 8.16. The average Bonchev–Trinajstić information content (AvgIpc) is 2.95. The Morgan fingerprint density at radius 2 is 1.88 bits per heavy atom. The maximum absolute atomic E-state index is 12.6. The van der Waals surface area contributed by atoms with Crippen LogP contribution in [0.1, 0.15) is 24.8 Å². The molecule has 3 rings (SSSR count). The summed E-state index contributed by atoms with van der Waals surface area (Å²) in [6.45, 7) is 3.59. The predicted molar refractivity (Wildman–Crippen MR) is 99.5 cm³/mol. The van der Waals surface area contributed by atoms with Crippen LogP contribution in [0.3, 0.4) is 0 Å². The van der Waals surface area contributed by atoms with Crippen LogP contribution in [0, 0.1) is 5.92 Å². The van der Waals surface area contributed by atoms with Gasteiger partial charge >= 0.3 is 6.18 Å². The zero-order valence-corrected chi connectivity index (χ0v) is 15.8. The number of hydrogen-bond acceptors (Lipinski definition) is 3. The van der Waals surface area contributed by atoms with Crippen LogP contribution in [0.25, 0.3) is 0 Å². The smallest absolute Gasteiger partial charge is 0.343 e. The summed E-state index contributed by atoms with van der Waals surface area (Å²) in [4.78, 5) is 8.79. The van der Waals surface area contributed by atoms with Crippen molar-refractivity contribution in [2.24, 2.45) is 10.9 Å². The molecule has 1 unspecified atom stereocenters. The van der Waals surface area contributed by atoms with Gasteiger partial charge in [-0.3, -0.25) is 4.99 Å². The van der Waals surface area contributed by atoms with Gasteiger partial charge in [-0.25, -0.2) is 0 Å². The Bertz CT molecular complexity index is 548. The molecule has 24 heavy (non-hydrogen) atoms. The number of halogens is 4. The summed E-state index contributed by atoms with van der Waals surface area (Å²) in [5.41, 5.74) is 1.20. The SMILES string of the molecule is FC(F)(F)CC1CCCN(C2=NCCN2Cc2ccccc2)C1.I. The lowest BCUT2D eigenvalue weighted by molar-refractivity contribution is -0.147. The van der Waals surface area contributed by atoms with Crippen molar-refractivity contribution in [1.29, 1.82) is 0 Å². The van der Waals surface area contributed by atoms with Crippen LogP contribution in [-0.2, 0) is 6.54 Å². The van der Waals surface area contributed by atoms with E-state index in [4.69, 9.17) is 0 Å². The lowest BCUT2D eigenvalue weighted by Crippen LogP contribution is -2.47. The molecule has 0 radical (unpaired) electrons. The zero-order chi connectivity index (χ0) is 16.3. The molecule has 7 heteroatoms. The Morgan fingerprint density at radius 3 is 2.58 bits per heavy atom. The molecule has 1 fully saturated rings. The number of guanidine groups is 1. The van der Waals surface area contributed by atoms with E-state index in [1.807, 2.05) is 18.2 Å². The van der Waals surface area contributed by atoms with Gasteiger partial charge in [0.05, 0.1) is 6.54 Å². The lowest BCUT2D eigenvalue weighted by Gasteiger charge is -2.37. The number of rotatable bonds is 3. The van der Waals surface area contributed by atoms with Crippen molar-refractivity contribution in [2.45, 2.75) is 32.0 Å². The fourth-order valence-electron chi connectivity index (χ4n) is 3.46. The van der Waals surface area contributed by atoms with Crippen molar-refractivity contribution in [2.75, 3.05) is 26.2 Å². The van der Waals surface area contributed by atoms with Crippen LogP contribution < -0.4 is 0 Å². The Labute approximate surface area is 157 Å². The van der Waals surface area contributed by atoms with E-state index in [0.717, 1.165) is 38.6 Å². The Morgan fingerprint density at radius 1 is 1.12 bits per heavy atom. The highest BCUT2D eigenvalue weighted by atomic mass is 127. The molecule has 2 heterocycles. The van der Waals surface area contributed by atoms with E-state index in [0.29, 0.717) is 13.0 Å². The molecule has 134 valence electrons. The Balaban J connectivity index is 0.00000208. The van der Waals surface area contributed by atoms with Gasteiger partial charge < -0.3 is 9.80 Å².